The van der Waals surface area contributed by atoms with Gasteiger partial charge in [0.15, 0.2) is 9.84 Å². The van der Waals surface area contributed by atoms with Gasteiger partial charge in [-0.2, -0.15) is 0 Å². The van der Waals surface area contributed by atoms with Crippen molar-refractivity contribution < 1.29 is 13.2 Å². The molecule has 26 heavy (non-hydrogen) atoms. The lowest BCUT2D eigenvalue weighted by molar-refractivity contribution is 0.0895. The Morgan fingerprint density at radius 1 is 1.04 bits per heavy atom. The second-order valence-electron chi connectivity index (χ2n) is 6.42. The summed E-state index contributed by atoms with van der Waals surface area (Å²) in [7, 11) is -3.46. The molecule has 1 amide bonds. The van der Waals surface area contributed by atoms with Gasteiger partial charge in [-0.25, -0.2) is 8.42 Å². The third-order valence-corrected chi connectivity index (χ3v) is 6.47. The maximum Gasteiger partial charge on any atom is 0.251 e. The van der Waals surface area contributed by atoms with Crippen LogP contribution in [0.5, 0.6) is 0 Å². The van der Waals surface area contributed by atoms with Crippen LogP contribution < -0.4 is 11.1 Å². The Morgan fingerprint density at radius 3 is 2.27 bits per heavy atom. The molecule has 0 aromatic heterocycles. The highest BCUT2D eigenvalue weighted by Crippen LogP contribution is 2.18. The standard InChI is InChI=1S/C20H26N2O3S/c1-3-20(4-2,15-21)22-19(23)17-10-8-9-16(13-17)14-26(24,25)18-11-6-5-7-12-18/h5-13H,3-4,14-15,21H2,1-2H3,(H,22,23). The number of hydrogen-bond acceptors (Lipinski definition) is 4. The van der Waals surface area contributed by atoms with Crippen LogP contribution in [0.4, 0.5) is 0 Å². The lowest BCUT2D eigenvalue weighted by atomic mass is 9.92. The summed E-state index contributed by atoms with van der Waals surface area (Å²) in [6, 6.07) is 15.0. The number of nitrogens with one attached hydrogen (secondary N) is 1. The summed E-state index contributed by atoms with van der Waals surface area (Å²) in [4.78, 5) is 12.9. The molecule has 0 unspecified atom stereocenters. The van der Waals surface area contributed by atoms with Crippen molar-refractivity contribution in [2.75, 3.05) is 6.54 Å². The quantitative estimate of drug-likeness (QED) is 0.743. The Kier molecular flexibility index (Phi) is 6.56. The molecule has 0 fully saturated rings. The first-order chi connectivity index (χ1) is 12.4. The number of sulfone groups is 1. The van der Waals surface area contributed by atoms with E-state index in [9.17, 15) is 13.2 Å². The molecule has 0 heterocycles. The Hall–Kier alpha value is -2.18. The highest BCUT2D eigenvalue weighted by molar-refractivity contribution is 7.90. The van der Waals surface area contributed by atoms with Crippen molar-refractivity contribution in [2.24, 2.45) is 5.73 Å². The Labute approximate surface area is 155 Å². The average molecular weight is 375 g/mol. The van der Waals surface area contributed by atoms with Gasteiger partial charge in [-0.05, 0) is 42.7 Å². The monoisotopic (exact) mass is 374 g/mol. The van der Waals surface area contributed by atoms with Crippen LogP contribution in [0.2, 0.25) is 0 Å². The fraction of sp³-hybridized carbons (Fsp3) is 0.350. The minimum atomic E-state index is -3.46. The van der Waals surface area contributed by atoms with Gasteiger partial charge in [0.2, 0.25) is 0 Å². The van der Waals surface area contributed by atoms with Gasteiger partial charge < -0.3 is 11.1 Å². The second-order valence-corrected chi connectivity index (χ2v) is 8.41. The SMILES string of the molecule is CCC(CC)(CN)NC(=O)c1cccc(CS(=O)(=O)c2ccccc2)c1. The summed E-state index contributed by atoms with van der Waals surface area (Å²) in [5.41, 5.74) is 6.41. The van der Waals surface area contributed by atoms with Crippen LogP contribution in [0.25, 0.3) is 0 Å². The highest BCUT2D eigenvalue weighted by Gasteiger charge is 2.27. The van der Waals surface area contributed by atoms with E-state index < -0.39 is 15.4 Å². The maximum absolute atomic E-state index is 12.6. The van der Waals surface area contributed by atoms with E-state index in [4.69, 9.17) is 5.73 Å². The summed E-state index contributed by atoms with van der Waals surface area (Å²) in [5, 5.41) is 3.00. The molecule has 140 valence electrons. The van der Waals surface area contributed by atoms with E-state index in [-0.39, 0.29) is 16.6 Å². The summed E-state index contributed by atoms with van der Waals surface area (Å²) in [6.45, 7) is 4.33. The van der Waals surface area contributed by atoms with E-state index in [0.717, 1.165) is 12.8 Å². The predicted molar refractivity (Wildman–Crippen MR) is 104 cm³/mol. The van der Waals surface area contributed by atoms with Gasteiger partial charge in [-0.1, -0.05) is 44.2 Å². The van der Waals surface area contributed by atoms with Crippen molar-refractivity contribution in [3.8, 4) is 0 Å². The van der Waals surface area contributed by atoms with Crippen molar-refractivity contribution in [1.82, 2.24) is 5.32 Å². The number of amides is 1. The van der Waals surface area contributed by atoms with Crippen molar-refractivity contribution in [3.05, 3.63) is 65.7 Å². The molecule has 2 aromatic carbocycles. The third kappa shape index (κ3) is 4.71. The molecule has 0 aliphatic carbocycles. The van der Waals surface area contributed by atoms with E-state index in [1.54, 1.807) is 54.6 Å². The molecule has 3 N–H and O–H groups in total. The minimum Gasteiger partial charge on any atom is -0.345 e. The highest BCUT2D eigenvalue weighted by atomic mass is 32.2. The number of carbonyl (C=O) groups excluding carboxylic acids is 1. The van der Waals surface area contributed by atoms with Crippen molar-refractivity contribution in [3.63, 3.8) is 0 Å². The molecule has 0 aliphatic rings. The summed E-state index contributed by atoms with van der Waals surface area (Å²) < 4.78 is 25.1. The van der Waals surface area contributed by atoms with Gasteiger partial charge in [0.05, 0.1) is 16.2 Å². The van der Waals surface area contributed by atoms with Crippen LogP contribution in [0, 0.1) is 0 Å². The van der Waals surface area contributed by atoms with Crippen LogP contribution in [0.1, 0.15) is 42.6 Å². The molecule has 2 rings (SSSR count). The number of hydrogen-bond donors (Lipinski definition) is 2. The van der Waals surface area contributed by atoms with E-state index in [2.05, 4.69) is 5.32 Å². The molecular weight excluding hydrogens is 348 g/mol. The lowest BCUT2D eigenvalue weighted by Crippen LogP contribution is -2.52. The fourth-order valence-electron chi connectivity index (χ4n) is 2.81. The second kappa shape index (κ2) is 8.47. The molecular formula is C20H26N2O3S. The van der Waals surface area contributed by atoms with E-state index in [1.807, 2.05) is 13.8 Å². The van der Waals surface area contributed by atoms with Gasteiger partial charge in [-0.3, -0.25) is 4.79 Å². The van der Waals surface area contributed by atoms with Gasteiger partial charge in [0, 0.05) is 12.1 Å². The molecule has 6 heteroatoms. The lowest BCUT2D eigenvalue weighted by Gasteiger charge is -2.31. The van der Waals surface area contributed by atoms with Gasteiger partial charge in [-0.15, -0.1) is 0 Å². The van der Waals surface area contributed by atoms with Crippen LogP contribution in [-0.2, 0) is 15.6 Å². The summed E-state index contributed by atoms with van der Waals surface area (Å²) in [5.74, 6) is -0.389. The molecule has 0 saturated carbocycles. The number of carbonyl (C=O) groups is 1. The van der Waals surface area contributed by atoms with Crippen LogP contribution in [0.15, 0.2) is 59.5 Å². The van der Waals surface area contributed by atoms with Crippen LogP contribution >= 0.6 is 0 Å². The Bertz CT molecular complexity index is 836. The predicted octanol–water partition coefficient (Wildman–Crippen LogP) is 2.91. The largest absolute Gasteiger partial charge is 0.345 e. The zero-order chi connectivity index (χ0) is 19.2. The van der Waals surface area contributed by atoms with Crippen molar-refractivity contribution in [2.45, 2.75) is 42.9 Å². The molecule has 0 radical (unpaired) electrons. The normalized spacial score (nSPS) is 12.0. The van der Waals surface area contributed by atoms with Crippen molar-refractivity contribution >= 4 is 15.7 Å². The van der Waals surface area contributed by atoms with Gasteiger partial charge in [0.1, 0.15) is 0 Å². The Balaban J connectivity index is 2.21. The molecule has 2 aromatic rings. The van der Waals surface area contributed by atoms with Crippen molar-refractivity contribution in [1.29, 1.82) is 0 Å². The molecule has 0 bridgehead atoms. The minimum absolute atomic E-state index is 0.151. The molecule has 0 atom stereocenters. The number of nitrogens with two attached hydrogens (primary N) is 1. The van der Waals surface area contributed by atoms with Crippen LogP contribution in [-0.4, -0.2) is 26.4 Å². The summed E-state index contributed by atoms with van der Waals surface area (Å²) >= 11 is 0. The molecule has 0 spiro atoms. The fourth-order valence-corrected chi connectivity index (χ4v) is 4.17. The van der Waals surface area contributed by atoms with E-state index in [1.165, 1.54) is 0 Å². The van der Waals surface area contributed by atoms with Crippen LogP contribution in [0.3, 0.4) is 0 Å². The van der Waals surface area contributed by atoms with E-state index >= 15 is 0 Å². The number of rotatable bonds is 8. The zero-order valence-electron chi connectivity index (χ0n) is 15.2. The number of benzene rings is 2. The average Bonchev–Trinajstić information content (AvgIpc) is 2.66. The van der Waals surface area contributed by atoms with Gasteiger partial charge in [0.25, 0.3) is 5.91 Å². The van der Waals surface area contributed by atoms with E-state index in [0.29, 0.717) is 17.7 Å². The maximum atomic E-state index is 12.6. The first-order valence-electron chi connectivity index (χ1n) is 8.75. The molecule has 5 nitrogen and oxygen atoms in total. The third-order valence-electron chi connectivity index (χ3n) is 4.77. The molecule has 0 aliphatic heterocycles. The summed E-state index contributed by atoms with van der Waals surface area (Å²) in [6.07, 6.45) is 1.46. The Morgan fingerprint density at radius 2 is 1.69 bits per heavy atom. The zero-order valence-corrected chi connectivity index (χ0v) is 16.1. The topological polar surface area (TPSA) is 89.3 Å². The smallest absolute Gasteiger partial charge is 0.251 e. The first-order valence-corrected chi connectivity index (χ1v) is 10.4. The molecule has 0 saturated heterocycles. The van der Waals surface area contributed by atoms with Gasteiger partial charge >= 0.3 is 0 Å². The first kappa shape index (κ1) is 20.1.